The third kappa shape index (κ3) is 3.00. The van der Waals surface area contributed by atoms with Crippen LogP contribution in [0.1, 0.15) is 23.5 Å². The maximum absolute atomic E-state index is 4.51. The average molecular weight is 225 g/mol. The predicted molar refractivity (Wildman–Crippen MR) is 64.2 cm³/mol. The highest BCUT2D eigenvalue weighted by molar-refractivity contribution is 7.09. The number of likely N-dealkylation sites (tertiary alicyclic amines) is 1. The number of nitrogens with zero attached hydrogens (tertiary/aromatic N) is 2. The molecule has 1 aliphatic rings. The van der Waals surface area contributed by atoms with Crippen LogP contribution in [0, 0.1) is 6.92 Å². The molecule has 84 valence electrons. The summed E-state index contributed by atoms with van der Waals surface area (Å²) in [6, 6.07) is 0.721. The van der Waals surface area contributed by atoms with E-state index in [1.807, 2.05) is 0 Å². The smallest absolute Gasteiger partial charge is 0.0897 e. The average Bonchev–Trinajstić information content (AvgIpc) is 2.65. The Bertz CT molecular complexity index is 303. The molecule has 4 heteroatoms. The molecule has 3 nitrogen and oxygen atoms in total. The summed E-state index contributed by atoms with van der Waals surface area (Å²) in [5.41, 5.74) is 1.24. The fourth-order valence-electron chi connectivity index (χ4n) is 2.09. The second-order valence-corrected chi connectivity index (χ2v) is 5.26. The van der Waals surface area contributed by atoms with Crippen LogP contribution in [0.3, 0.4) is 0 Å². The molecule has 0 aliphatic carbocycles. The van der Waals surface area contributed by atoms with E-state index in [1.165, 1.54) is 36.6 Å². The van der Waals surface area contributed by atoms with Crippen molar-refractivity contribution in [2.75, 3.05) is 20.1 Å². The van der Waals surface area contributed by atoms with E-state index in [0.717, 1.165) is 12.6 Å². The standard InChI is InChI=1S/C11H19N3S/c1-9-13-11(8-15-9)7-14-5-3-10(12-2)4-6-14/h8,10,12H,3-7H2,1-2H3. The van der Waals surface area contributed by atoms with E-state index in [-0.39, 0.29) is 0 Å². The molecule has 0 bridgehead atoms. The third-order valence-corrected chi connectivity index (χ3v) is 3.87. The van der Waals surface area contributed by atoms with Crippen molar-refractivity contribution in [3.05, 3.63) is 16.1 Å². The molecule has 1 aromatic rings. The Balaban J connectivity index is 1.82. The summed E-state index contributed by atoms with van der Waals surface area (Å²) in [6.45, 7) is 5.49. The van der Waals surface area contributed by atoms with Crippen molar-refractivity contribution >= 4 is 11.3 Å². The van der Waals surface area contributed by atoms with E-state index in [2.05, 4.69) is 34.6 Å². The first kappa shape index (κ1) is 11.0. The number of thiazole rings is 1. The summed E-state index contributed by atoms with van der Waals surface area (Å²) >= 11 is 1.75. The summed E-state index contributed by atoms with van der Waals surface area (Å²) in [6.07, 6.45) is 2.53. The zero-order valence-corrected chi connectivity index (χ0v) is 10.3. The highest BCUT2D eigenvalue weighted by Gasteiger charge is 2.18. The van der Waals surface area contributed by atoms with E-state index >= 15 is 0 Å². The van der Waals surface area contributed by atoms with Gasteiger partial charge in [-0.1, -0.05) is 0 Å². The van der Waals surface area contributed by atoms with Gasteiger partial charge in [-0.25, -0.2) is 4.98 Å². The Kier molecular flexibility index (Phi) is 3.72. The Morgan fingerprint density at radius 2 is 2.27 bits per heavy atom. The molecule has 15 heavy (non-hydrogen) atoms. The molecule has 1 fully saturated rings. The number of rotatable bonds is 3. The third-order valence-electron chi connectivity index (χ3n) is 3.05. The van der Waals surface area contributed by atoms with Gasteiger partial charge in [-0.2, -0.15) is 0 Å². The van der Waals surface area contributed by atoms with Crippen LogP contribution in [0.5, 0.6) is 0 Å². The molecule has 0 aromatic carbocycles. The van der Waals surface area contributed by atoms with Crippen LogP contribution in [0.2, 0.25) is 0 Å². The molecule has 0 unspecified atom stereocenters. The predicted octanol–water partition coefficient (Wildman–Crippen LogP) is 1.64. The summed E-state index contributed by atoms with van der Waals surface area (Å²) in [5.74, 6) is 0. The summed E-state index contributed by atoms with van der Waals surface area (Å²) in [5, 5.41) is 6.71. The fraction of sp³-hybridized carbons (Fsp3) is 0.727. The van der Waals surface area contributed by atoms with Gasteiger partial charge in [-0.15, -0.1) is 11.3 Å². The number of hydrogen-bond donors (Lipinski definition) is 1. The van der Waals surface area contributed by atoms with Gasteiger partial charge in [0.2, 0.25) is 0 Å². The van der Waals surface area contributed by atoms with Gasteiger partial charge in [0, 0.05) is 31.1 Å². The van der Waals surface area contributed by atoms with Gasteiger partial charge < -0.3 is 5.32 Å². The normalized spacial score (nSPS) is 19.6. The van der Waals surface area contributed by atoms with Crippen molar-refractivity contribution in [2.24, 2.45) is 0 Å². The van der Waals surface area contributed by atoms with Crippen LogP contribution in [0.25, 0.3) is 0 Å². The first-order valence-corrected chi connectivity index (χ1v) is 6.46. The van der Waals surface area contributed by atoms with Crippen molar-refractivity contribution in [3.8, 4) is 0 Å². The van der Waals surface area contributed by atoms with Gasteiger partial charge >= 0.3 is 0 Å². The van der Waals surface area contributed by atoms with E-state index in [9.17, 15) is 0 Å². The van der Waals surface area contributed by atoms with Crippen molar-refractivity contribution < 1.29 is 0 Å². The van der Waals surface area contributed by atoms with E-state index in [0.29, 0.717) is 0 Å². The second kappa shape index (κ2) is 5.05. The van der Waals surface area contributed by atoms with E-state index in [4.69, 9.17) is 0 Å². The molecule has 0 spiro atoms. The minimum absolute atomic E-state index is 0.721. The lowest BCUT2D eigenvalue weighted by Gasteiger charge is -2.31. The molecule has 1 N–H and O–H groups in total. The number of aryl methyl sites for hydroxylation is 1. The second-order valence-electron chi connectivity index (χ2n) is 4.20. The van der Waals surface area contributed by atoms with Crippen LogP contribution < -0.4 is 5.32 Å². The Labute approximate surface area is 95.5 Å². The number of nitrogens with one attached hydrogen (secondary N) is 1. The van der Waals surface area contributed by atoms with Crippen LogP contribution in [-0.2, 0) is 6.54 Å². The quantitative estimate of drug-likeness (QED) is 0.847. The summed E-state index contributed by atoms with van der Waals surface area (Å²) < 4.78 is 0. The minimum Gasteiger partial charge on any atom is -0.317 e. The van der Waals surface area contributed by atoms with Crippen LogP contribution >= 0.6 is 11.3 Å². The molecule has 0 radical (unpaired) electrons. The molecule has 1 aromatic heterocycles. The first-order valence-electron chi connectivity index (χ1n) is 5.58. The highest BCUT2D eigenvalue weighted by atomic mass is 32.1. The van der Waals surface area contributed by atoms with Gasteiger partial charge in [0.25, 0.3) is 0 Å². The van der Waals surface area contributed by atoms with E-state index < -0.39 is 0 Å². The molecule has 2 heterocycles. The van der Waals surface area contributed by atoms with Gasteiger partial charge in [0.1, 0.15) is 0 Å². The van der Waals surface area contributed by atoms with Gasteiger partial charge in [0.15, 0.2) is 0 Å². The largest absolute Gasteiger partial charge is 0.317 e. The Morgan fingerprint density at radius 3 is 2.80 bits per heavy atom. The van der Waals surface area contributed by atoms with Gasteiger partial charge in [0.05, 0.1) is 10.7 Å². The van der Waals surface area contributed by atoms with Crippen molar-refractivity contribution in [3.63, 3.8) is 0 Å². The lowest BCUT2D eigenvalue weighted by molar-refractivity contribution is 0.193. The van der Waals surface area contributed by atoms with Crippen molar-refractivity contribution in [2.45, 2.75) is 32.4 Å². The first-order chi connectivity index (χ1) is 7.28. The lowest BCUT2D eigenvalue weighted by atomic mass is 10.1. The van der Waals surface area contributed by atoms with Crippen molar-refractivity contribution in [1.29, 1.82) is 0 Å². The molecule has 0 atom stereocenters. The molecule has 0 saturated carbocycles. The zero-order valence-electron chi connectivity index (χ0n) is 9.49. The summed E-state index contributed by atoms with van der Waals surface area (Å²) in [4.78, 5) is 7.01. The molecule has 2 rings (SSSR count). The molecule has 0 amide bonds. The zero-order chi connectivity index (χ0) is 10.7. The number of aromatic nitrogens is 1. The summed E-state index contributed by atoms with van der Waals surface area (Å²) in [7, 11) is 2.06. The maximum Gasteiger partial charge on any atom is 0.0897 e. The topological polar surface area (TPSA) is 28.2 Å². The van der Waals surface area contributed by atoms with Crippen LogP contribution in [0.15, 0.2) is 5.38 Å². The SMILES string of the molecule is CNC1CCN(Cc2csc(C)n2)CC1. The number of hydrogen-bond acceptors (Lipinski definition) is 4. The molecule has 1 aliphatic heterocycles. The fourth-order valence-corrected chi connectivity index (χ4v) is 2.69. The van der Waals surface area contributed by atoms with Crippen LogP contribution in [-0.4, -0.2) is 36.1 Å². The highest BCUT2D eigenvalue weighted by Crippen LogP contribution is 2.15. The Hall–Kier alpha value is -0.450. The maximum atomic E-state index is 4.51. The molecular weight excluding hydrogens is 206 g/mol. The monoisotopic (exact) mass is 225 g/mol. The minimum atomic E-state index is 0.721. The Morgan fingerprint density at radius 1 is 1.53 bits per heavy atom. The molecular formula is C11H19N3S. The molecule has 1 saturated heterocycles. The van der Waals surface area contributed by atoms with E-state index in [1.54, 1.807) is 11.3 Å². The lowest BCUT2D eigenvalue weighted by Crippen LogP contribution is -2.40. The van der Waals surface area contributed by atoms with Crippen LogP contribution in [0.4, 0.5) is 0 Å². The van der Waals surface area contributed by atoms with Crippen molar-refractivity contribution in [1.82, 2.24) is 15.2 Å². The van der Waals surface area contributed by atoms with Gasteiger partial charge in [-0.3, -0.25) is 4.90 Å². The van der Waals surface area contributed by atoms with Gasteiger partial charge in [-0.05, 0) is 26.8 Å². The number of piperidine rings is 1.